The van der Waals surface area contributed by atoms with E-state index in [4.69, 9.17) is 16.1 Å². The summed E-state index contributed by atoms with van der Waals surface area (Å²) in [6, 6.07) is 3.72. The number of carbonyl (C=O) groups is 1. The second-order valence-electron chi connectivity index (χ2n) is 2.71. The van der Waals surface area contributed by atoms with Crippen molar-refractivity contribution in [3.8, 4) is 6.07 Å². The predicted molar refractivity (Wildman–Crippen MR) is 46.9 cm³/mol. The van der Waals surface area contributed by atoms with Gasteiger partial charge in [0.05, 0.1) is 12.0 Å². The Balaban J connectivity index is 3.19. The number of aliphatic carboxylic acids is 1. The number of nitriles is 1. The van der Waals surface area contributed by atoms with Gasteiger partial charge in [0.1, 0.15) is 11.9 Å². The zero-order valence-corrected chi connectivity index (χ0v) is 7.12. The van der Waals surface area contributed by atoms with Crippen molar-refractivity contribution in [2.24, 2.45) is 0 Å². The van der Waals surface area contributed by atoms with Crippen LogP contribution in [0.4, 0.5) is 10.1 Å². The molecule has 0 aliphatic rings. The zero-order chi connectivity index (χ0) is 10.7. The van der Waals surface area contributed by atoms with Crippen LogP contribution in [0.1, 0.15) is 11.1 Å². The van der Waals surface area contributed by atoms with E-state index < -0.39 is 11.8 Å². The first-order chi connectivity index (χ1) is 6.54. The number of nitrogen functional groups attached to an aromatic ring is 1. The number of halogens is 1. The van der Waals surface area contributed by atoms with Gasteiger partial charge in [0, 0.05) is 5.69 Å². The van der Waals surface area contributed by atoms with E-state index in [9.17, 15) is 9.18 Å². The number of carboxylic acids is 1. The topological polar surface area (TPSA) is 87.1 Å². The summed E-state index contributed by atoms with van der Waals surface area (Å²) >= 11 is 0. The highest BCUT2D eigenvalue weighted by Crippen LogP contribution is 2.17. The van der Waals surface area contributed by atoms with Gasteiger partial charge in [0.25, 0.3) is 0 Å². The molecule has 0 fully saturated rings. The second kappa shape index (κ2) is 3.75. The van der Waals surface area contributed by atoms with Crippen LogP contribution in [0.3, 0.4) is 0 Å². The maximum absolute atomic E-state index is 12.9. The molecule has 0 amide bonds. The van der Waals surface area contributed by atoms with Crippen LogP contribution in [0.25, 0.3) is 0 Å². The van der Waals surface area contributed by atoms with Gasteiger partial charge in [0.15, 0.2) is 0 Å². The Morgan fingerprint density at radius 3 is 2.79 bits per heavy atom. The van der Waals surface area contributed by atoms with Gasteiger partial charge in [-0.15, -0.1) is 0 Å². The second-order valence-corrected chi connectivity index (χ2v) is 2.71. The molecule has 1 aromatic carbocycles. The number of rotatable bonds is 2. The summed E-state index contributed by atoms with van der Waals surface area (Å²) in [6.07, 6.45) is -0.319. The van der Waals surface area contributed by atoms with Crippen molar-refractivity contribution in [2.75, 3.05) is 5.73 Å². The molecule has 0 aliphatic heterocycles. The summed E-state index contributed by atoms with van der Waals surface area (Å²) in [4.78, 5) is 10.4. The molecule has 72 valence electrons. The monoisotopic (exact) mass is 194 g/mol. The quantitative estimate of drug-likeness (QED) is 0.685. The molecular formula is C9H7FN2O2. The first-order valence-corrected chi connectivity index (χ1v) is 3.74. The molecule has 0 saturated heterocycles. The highest BCUT2D eigenvalue weighted by atomic mass is 19.1. The van der Waals surface area contributed by atoms with Crippen molar-refractivity contribution in [1.29, 1.82) is 5.26 Å². The molecule has 0 aromatic heterocycles. The molecule has 4 nitrogen and oxygen atoms in total. The highest BCUT2D eigenvalue weighted by molar-refractivity contribution is 5.73. The molecule has 0 saturated carbocycles. The van der Waals surface area contributed by atoms with E-state index in [-0.39, 0.29) is 23.2 Å². The third-order valence-corrected chi connectivity index (χ3v) is 1.69. The fourth-order valence-electron chi connectivity index (χ4n) is 1.04. The Morgan fingerprint density at radius 1 is 1.64 bits per heavy atom. The smallest absolute Gasteiger partial charge is 0.307 e. The molecule has 0 bridgehead atoms. The number of carboxylic acid groups (broad SMARTS) is 1. The third kappa shape index (κ3) is 1.98. The van der Waals surface area contributed by atoms with Gasteiger partial charge >= 0.3 is 5.97 Å². The molecule has 0 atom stereocenters. The summed E-state index contributed by atoms with van der Waals surface area (Å²) in [5.74, 6) is -1.81. The Bertz CT molecular complexity index is 424. The number of nitrogens with two attached hydrogens (primary N) is 1. The number of anilines is 1. The Kier molecular flexibility index (Phi) is 2.67. The Morgan fingerprint density at radius 2 is 2.29 bits per heavy atom. The van der Waals surface area contributed by atoms with Crippen LogP contribution >= 0.6 is 0 Å². The summed E-state index contributed by atoms with van der Waals surface area (Å²) in [5.41, 5.74) is 5.47. The lowest BCUT2D eigenvalue weighted by molar-refractivity contribution is -0.136. The summed E-state index contributed by atoms with van der Waals surface area (Å²) < 4.78 is 12.9. The van der Waals surface area contributed by atoms with Crippen molar-refractivity contribution in [1.82, 2.24) is 0 Å². The fourth-order valence-corrected chi connectivity index (χ4v) is 1.04. The molecule has 14 heavy (non-hydrogen) atoms. The van der Waals surface area contributed by atoms with E-state index in [1.165, 1.54) is 0 Å². The van der Waals surface area contributed by atoms with Crippen LogP contribution in [0, 0.1) is 17.1 Å². The standard InChI is InChI=1S/C9H7FN2O2/c10-7-3-8(12)5(2-9(13)14)1-6(7)4-11/h1,3H,2,12H2,(H,13,14). The van der Waals surface area contributed by atoms with Gasteiger partial charge in [-0.3, -0.25) is 4.79 Å². The average molecular weight is 194 g/mol. The molecule has 0 radical (unpaired) electrons. The number of benzene rings is 1. The highest BCUT2D eigenvalue weighted by Gasteiger charge is 2.09. The van der Waals surface area contributed by atoms with Crippen LogP contribution in [0.2, 0.25) is 0 Å². The molecule has 0 unspecified atom stereocenters. The van der Waals surface area contributed by atoms with Gasteiger partial charge in [-0.1, -0.05) is 0 Å². The largest absolute Gasteiger partial charge is 0.481 e. The molecule has 3 N–H and O–H groups in total. The minimum Gasteiger partial charge on any atom is -0.481 e. The molecule has 0 heterocycles. The van der Waals surface area contributed by atoms with Gasteiger partial charge in [-0.05, 0) is 17.7 Å². The minimum absolute atomic E-state index is 0.0453. The molecule has 1 rings (SSSR count). The van der Waals surface area contributed by atoms with Crippen LogP contribution in [-0.2, 0) is 11.2 Å². The maximum Gasteiger partial charge on any atom is 0.307 e. The number of nitrogens with zero attached hydrogens (tertiary/aromatic N) is 1. The van der Waals surface area contributed by atoms with Crippen LogP contribution in [0.5, 0.6) is 0 Å². The van der Waals surface area contributed by atoms with Gasteiger partial charge in [-0.25, -0.2) is 4.39 Å². The first-order valence-electron chi connectivity index (χ1n) is 3.74. The first kappa shape index (κ1) is 9.99. The molecule has 0 aliphatic carbocycles. The number of hydrogen-bond acceptors (Lipinski definition) is 3. The van der Waals surface area contributed by atoms with Crippen molar-refractivity contribution in [2.45, 2.75) is 6.42 Å². The van der Waals surface area contributed by atoms with Crippen molar-refractivity contribution in [3.63, 3.8) is 0 Å². The number of hydrogen-bond donors (Lipinski definition) is 2. The van der Waals surface area contributed by atoms with Crippen molar-refractivity contribution >= 4 is 11.7 Å². The van der Waals surface area contributed by atoms with E-state index in [0.717, 1.165) is 12.1 Å². The summed E-state index contributed by atoms with van der Waals surface area (Å²) in [7, 11) is 0. The van der Waals surface area contributed by atoms with E-state index >= 15 is 0 Å². The third-order valence-electron chi connectivity index (χ3n) is 1.69. The normalized spacial score (nSPS) is 9.43. The van der Waals surface area contributed by atoms with Crippen molar-refractivity contribution in [3.05, 3.63) is 29.1 Å². The lowest BCUT2D eigenvalue weighted by Crippen LogP contribution is -2.05. The maximum atomic E-state index is 12.9. The van der Waals surface area contributed by atoms with Gasteiger partial charge < -0.3 is 10.8 Å². The van der Waals surface area contributed by atoms with Gasteiger partial charge in [0.2, 0.25) is 0 Å². The predicted octanol–water partition coefficient (Wildman–Crippen LogP) is 0.907. The van der Waals surface area contributed by atoms with E-state index in [0.29, 0.717) is 0 Å². The average Bonchev–Trinajstić information content (AvgIpc) is 2.09. The zero-order valence-electron chi connectivity index (χ0n) is 7.12. The van der Waals surface area contributed by atoms with E-state index in [1.807, 2.05) is 0 Å². The summed E-state index contributed by atoms with van der Waals surface area (Å²) in [6.45, 7) is 0. The SMILES string of the molecule is N#Cc1cc(CC(=O)O)c(N)cc1F. The van der Waals surface area contributed by atoms with Crippen LogP contribution in [-0.4, -0.2) is 11.1 Å². The van der Waals surface area contributed by atoms with Crippen LogP contribution < -0.4 is 5.73 Å². The summed E-state index contributed by atoms with van der Waals surface area (Å²) in [5, 5.41) is 17.0. The lowest BCUT2D eigenvalue weighted by Gasteiger charge is -2.03. The van der Waals surface area contributed by atoms with Crippen molar-refractivity contribution < 1.29 is 14.3 Å². The molecule has 5 heteroatoms. The Labute approximate surface area is 79.4 Å². The van der Waals surface area contributed by atoms with Gasteiger partial charge in [-0.2, -0.15) is 5.26 Å². The molecule has 0 spiro atoms. The Hall–Kier alpha value is -2.09. The molecule has 1 aromatic rings. The molecular weight excluding hydrogens is 187 g/mol. The lowest BCUT2D eigenvalue weighted by atomic mass is 10.1. The van der Waals surface area contributed by atoms with Crippen LogP contribution in [0.15, 0.2) is 12.1 Å². The van der Waals surface area contributed by atoms with E-state index in [2.05, 4.69) is 0 Å². The minimum atomic E-state index is -1.08. The fraction of sp³-hybridized carbons (Fsp3) is 0.111. The van der Waals surface area contributed by atoms with E-state index in [1.54, 1.807) is 6.07 Å².